The van der Waals surface area contributed by atoms with Crippen molar-refractivity contribution in [2.75, 3.05) is 38.1 Å². The molecule has 0 saturated carbocycles. The minimum Gasteiger partial charge on any atom is -0.422 e. The first-order chi connectivity index (χ1) is 9.15. The Morgan fingerprint density at radius 1 is 1.16 bits per heavy atom. The molecule has 2 aromatic rings. The summed E-state index contributed by atoms with van der Waals surface area (Å²) < 4.78 is 5.35. The molecule has 19 heavy (non-hydrogen) atoms. The fraction of sp³-hybridized carbons (Fsp3) is 0.400. The lowest BCUT2D eigenvalue weighted by atomic mass is 10.1. The Bertz CT molecular complexity index is 655. The Morgan fingerprint density at radius 3 is 2.63 bits per heavy atom. The van der Waals surface area contributed by atoms with E-state index in [2.05, 4.69) is 16.8 Å². The molecular formula is C15H18N2O2. The molecule has 1 saturated heterocycles. The smallest absolute Gasteiger partial charge is 0.338 e. The van der Waals surface area contributed by atoms with Crippen molar-refractivity contribution >= 4 is 16.7 Å². The maximum Gasteiger partial charge on any atom is 0.338 e. The van der Waals surface area contributed by atoms with Gasteiger partial charge in [0.05, 0.1) is 5.69 Å². The summed E-state index contributed by atoms with van der Waals surface area (Å²) in [6, 6.07) is 7.63. The zero-order valence-electron chi connectivity index (χ0n) is 11.3. The summed E-state index contributed by atoms with van der Waals surface area (Å²) in [4.78, 5) is 16.3. The molecule has 4 heteroatoms. The molecule has 3 rings (SSSR count). The number of anilines is 1. The van der Waals surface area contributed by atoms with Gasteiger partial charge in [-0.1, -0.05) is 12.1 Å². The third-order valence-electron chi connectivity index (χ3n) is 3.79. The predicted octanol–water partition coefficient (Wildman–Crippen LogP) is 1.85. The number of rotatable bonds is 1. The summed E-state index contributed by atoms with van der Waals surface area (Å²) >= 11 is 0. The average Bonchev–Trinajstić information content (AvgIpc) is 2.40. The predicted molar refractivity (Wildman–Crippen MR) is 76.9 cm³/mol. The van der Waals surface area contributed by atoms with Gasteiger partial charge in [0.15, 0.2) is 0 Å². The molecule has 0 amide bonds. The van der Waals surface area contributed by atoms with Gasteiger partial charge in [-0.05, 0) is 25.6 Å². The third-order valence-corrected chi connectivity index (χ3v) is 3.79. The van der Waals surface area contributed by atoms with E-state index in [0.29, 0.717) is 5.58 Å². The number of aryl methyl sites for hydroxylation is 1. The summed E-state index contributed by atoms with van der Waals surface area (Å²) in [5, 5.41) is 1.03. The van der Waals surface area contributed by atoms with E-state index in [1.54, 1.807) is 6.07 Å². The average molecular weight is 258 g/mol. The van der Waals surface area contributed by atoms with Crippen molar-refractivity contribution in [3.63, 3.8) is 0 Å². The first kappa shape index (κ1) is 12.2. The van der Waals surface area contributed by atoms with Crippen LogP contribution in [0.3, 0.4) is 0 Å². The molecule has 0 radical (unpaired) electrons. The summed E-state index contributed by atoms with van der Waals surface area (Å²) in [7, 11) is 2.12. The lowest BCUT2D eigenvalue weighted by Gasteiger charge is -2.34. The van der Waals surface area contributed by atoms with Crippen molar-refractivity contribution in [2.45, 2.75) is 6.92 Å². The highest BCUT2D eigenvalue weighted by Crippen LogP contribution is 2.27. The standard InChI is InChI=1S/C15H18N2O2/c1-11-4-3-5-12-13(10-14(18)19-15(11)12)17-8-6-16(2)7-9-17/h3-5,10H,6-9H2,1-2H3. The van der Waals surface area contributed by atoms with Crippen molar-refractivity contribution in [2.24, 2.45) is 0 Å². The van der Waals surface area contributed by atoms with Crippen LogP contribution in [0.5, 0.6) is 0 Å². The van der Waals surface area contributed by atoms with Crippen LogP contribution in [0.15, 0.2) is 33.5 Å². The molecule has 0 N–H and O–H groups in total. The number of piperazine rings is 1. The largest absolute Gasteiger partial charge is 0.422 e. The van der Waals surface area contributed by atoms with Gasteiger partial charge in [-0.2, -0.15) is 0 Å². The topological polar surface area (TPSA) is 36.7 Å². The molecule has 1 aliphatic rings. The Balaban J connectivity index is 2.13. The molecule has 0 spiro atoms. The van der Waals surface area contributed by atoms with Crippen molar-refractivity contribution in [3.05, 3.63) is 40.2 Å². The Morgan fingerprint density at radius 2 is 1.89 bits per heavy atom. The zero-order chi connectivity index (χ0) is 13.4. The second-order valence-electron chi connectivity index (χ2n) is 5.19. The number of nitrogens with zero attached hydrogens (tertiary/aromatic N) is 2. The molecule has 0 bridgehead atoms. The van der Waals surface area contributed by atoms with E-state index in [1.807, 2.05) is 25.1 Å². The molecule has 1 aromatic heterocycles. The van der Waals surface area contributed by atoms with Gasteiger partial charge in [0.25, 0.3) is 0 Å². The lowest BCUT2D eigenvalue weighted by molar-refractivity contribution is 0.313. The first-order valence-corrected chi connectivity index (χ1v) is 6.62. The van der Waals surface area contributed by atoms with Crippen LogP contribution in [0.2, 0.25) is 0 Å². The van der Waals surface area contributed by atoms with E-state index in [9.17, 15) is 4.79 Å². The van der Waals surface area contributed by atoms with Gasteiger partial charge in [-0.15, -0.1) is 0 Å². The minimum atomic E-state index is -0.268. The highest BCUT2D eigenvalue weighted by molar-refractivity contribution is 5.91. The molecule has 0 aliphatic carbocycles. The summed E-state index contributed by atoms with van der Waals surface area (Å²) in [6.45, 7) is 5.91. The van der Waals surface area contributed by atoms with Crippen molar-refractivity contribution in [1.82, 2.24) is 4.90 Å². The lowest BCUT2D eigenvalue weighted by Crippen LogP contribution is -2.44. The van der Waals surface area contributed by atoms with Gasteiger partial charge in [0, 0.05) is 37.6 Å². The normalized spacial score (nSPS) is 17.1. The van der Waals surface area contributed by atoms with Crippen LogP contribution in [-0.2, 0) is 0 Å². The SMILES string of the molecule is Cc1cccc2c(N3CCN(C)CC3)cc(=O)oc12. The molecule has 1 fully saturated rings. The first-order valence-electron chi connectivity index (χ1n) is 6.62. The number of likely N-dealkylation sites (N-methyl/N-ethyl adjacent to an activating group) is 1. The third kappa shape index (κ3) is 2.24. The summed E-state index contributed by atoms with van der Waals surface area (Å²) in [6.07, 6.45) is 0. The van der Waals surface area contributed by atoms with E-state index in [0.717, 1.165) is 42.8 Å². The minimum absolute atomic E-state index is 0.268. The summed E-state index contributed by atoms with van der Waals surface area (Å²) in [5.41, 5.74) is 2.45. The molecule has 1 aromatic carbocycles. The van der Waals surface area contributed by atoms with Crippen LogP contribution >= 0.6 is 0 Å². The monoisotopic (exact) mass is 258 g/mol. The molecule has 4 nitrogen and oxygen atoms in total. The van der Waals surface area contributed by atoms with Crippen LogP contribution in [0.1, 0.15) is 5.56 Å². The second kappa shape index (κ2) is 4.70. The number of para-hydroxylation sites is 1. The Labute approximate surface area is 112 Å². The molecule has 0 unspecified atom stereocenters. The van der Waals surface area contributed by atoms with E-state index in [4.69, 9.17) is 4.42 Å². The fourth-order valence-corrected chi connectivity index (χ4v) is 2.62. The quantitative estimate of drug-likeness (QED) is 0.732. The van der Waals surface area contributed by atoms with Crippen molar-refractivity contribution < 1.29 is 4.42 Å². The van der Waals surface area contributed by atoms with Crippen LogP contribution in [0.4, 0.5) is 5.69 Å². The molecule has 0 atom stereocenters. The van der Waals surface area contributed by atoms with Crippen molar-refractivity contribution in [1.29, 1.82) is 0 Å². The van der Waals surface area contributed by atoms with Gasteiger partial charge >= 0.3 is 5.63 Å². The number of fused-ring (bicyclic) bond motifs is 1. The van der Waals surface area contributed by atoms with Gasteiger partial charge in [-0.3, -0.25) is 0 Å². The Kier molecular flexibility index (Phi) is 3.03. The van der Waals surface area contributed by atoms with E-state index in [1.165, 1.54) is 0 Å². The molecular weight excluding hydrogens is 240 g/mol. The van der Waals surface area contributed by atoms with E-state index in [-0.39, 0.29) is 5.63 Å². The van der Waals surface area contributed by atoms with Crippen molar-refractivity contribution in [3.8, 4) is 0 Å². The summed E-state index contributed by atoms with van der Waals surface area (Å²) in [5.74, 6) is 0. The fourth-order valence-electron chi connectivity index (χ4n) is 2.62. The van der Waals surface area contributed by atoms with Crippen LogP contribution < -0.4 is 10.5 Å². The molecule has 1 aliphatic heterocycles. The number of hydrogen-bond acceptors (Lipinski definition) is 4. The van der Waals surface area contributed by atoms with Gasteiger partial charge < -0.3 is 14.2 Å². The second-order valence-corrected chi connectivity index (χ2v) is 5.19. The number of benzene rings is 1. The Hall–Kier alpha value is -1.81. The van der Waals surface area contributed by atoms with Gasteiger partial charge in [0.1, 0.15) is 5.58 Å². The van der Waals surface area contributed by atoms with Gasteiger partial charge in [-0.25, -0.2) is 4.79 Å². The maximum atomic E-state index is 11.8. The maximum absolute atomic E-state index is 11.8. The van der Waals surface area contributed by atoms with E-state index >= 15 is 0 Å². The zero-order valence-corrected chi connectivity index (χ0v) is 11.3. The van der Waals surface area contributed by atoms with Crippen LogP contribution in [-0.4, -0.2) is 38.1 Å². The molecule has 2 heterocycles. The van der Waals surface area contributed by atoms with Crippen LogP contribution in [0, 0.1) is 6.92 Å². The number of hydrogen-bond donors (Lipinski definition) is 0. The van der Waals surface area contributed by atoms with Crippen LogP contribution in [0.25, 0.3) is 11.0 Å². The van der Waals surface area contributed by atoms with Gasteiger partial charge in [0.2, 0.25) is 0 Å². The molecule has 100 valence electrons. The van der Waals surface area contributed by atoms with E-state index < -0.39 is 0 Å². The highest BCUT2D eigenvalue weighted by atomic mass is 16.4. The highest BCUT2D eigenvalue weighted by Gasteiger charge is 2.18.